The summed E-state index contributed by atoms with van der Waals surface area (Å²) < 4.78 is 0. The number of hydrogen-bond acceptors (Lipinski definition) is 0. The minimum atomic E-state index is 0. The summed E-state index contributed by atoms with van der Waals surface area (Å²) in [7, 11) is 0. The van der Waals surface area contributed by atoms with E-state index in [2.05, 4.69) is 50.3 Å². The quantitative estimate of drug-likeness (QED) is 0.485. The molecule has 1 heteroatoms. The Kier molecular flexibility index (Phi) is 10.6. The maximum absolute atomic E-state index is 3.26. The molecule has 0 bridgehead atoms. The summed E-state index contributed by atoms with van der Waals surface area (Å²) in [5.74, 6) is 0. The molecule has 0 radical (unpaired) electrons. The zero-order chi connectivity index (χ0) is 11.6. The van der Waals surface area contributed by atoms with Crippen molar-refractivity contribution >= 4 is 0 Å². The first-order valence-corrected chi connectivity index (χ1v) is 6.39. The molecule has 2 aliphatic rings. The maximum atomic E-state index is 3.26. The fourth-order valence-corrected chi connectivity index (χ4v) is 1.78. The van der Waals surface area contributed by atoms with Crippen molar-refractivity contribution in [1.82, 2.24) is 0 Å². The summed E-state index contributed by atoms with van der Waals surface area (Å²) in [6.07, 6.45) is 22.2. The second kappa shape index (κ2) is 10.8. The molecule has 0 N–H and O–H groups in total. The van der Waals surface area contributed by atoms with Crippen molar-refractivity contribution in [2.45, 2.75) is 52.4 Å². The molecule has 94 valence electrons. The van der Waals surface area contributed by atoms with Gasteiger partial charge in [-0.2, -0.15) is 12.2 Å². The van der Waals surface area contributed by atoms with Gasteiger partial charge in [0, 0.05) is 0 Å². The largest absolute Gasteiger partial charge is 2.00 e. The molecule has 0 heterocycles. The van der Waals surface area contributed by atoms with Crippen LogP contribution >= 0.6 is 0 Å². The molecular formula is C16H24Ti-2. The fourth-order valence-electron chi connectivity index (χ4n) is 1.78. The average Bonchev–Trinajstić information content (AvgIpc) is 2.92. The van der Waals surface area contributed by atoms with Crippen LogP contribution in [0.4, 0.5) is 0 Å². The second-order valence-corrected chi connectivity index (χ2v) is 4.12. The number of rotatable bonds is 4. The van der Waals surface area contributed by atoms with E-state index in [4.69, 9.17) is 0 Å². The summed E-state index contributed by atoms with van der Waals surface area (Å²) in [5, 5.41) is 0. The maximum Gasteiger partial charge on any atom is 2.00 e. The molecule has 0 saturated carbocycles. The summed E-state index contributed by atoms with van der Waals surface area (Å²) in [6, 6.07) is 0. The Morgan fingerprint density at radius 3 is 1.59 bits per heavy atom. The van der Waals surface area contributed by atoms with Crippen LogP contribution in [-0.4, -0.2) is 0 Å². The molecule has 0 aromatic carbocycles. The van der Waals surface area contributed by atoms with Gasteiger partial charge in [0.25, 0.3) is 0 Å². The van der Waals surface area contributed by atoms with Gasteiger partial charge in [0.2, 0.25) is 0 Å². The Balaban J connectivity index is -0.000000233. The first kappa shape index (κ1) is 16.7. The van der Waals surface area contributed by atoms with Crippen LogP contribution in [-0.2, 0) is 21.7 Å². The Morgan fingerprint density at radius 1 is 0.941 bits per heavy atom. The summed E-state index contributed by atoms with van der Waals surface area (Å²) in [5.41, 5.74) is 2.79. The van der Waals surface area contributed by atoms with Crippen LogP contribution in [0, 0.1) is 12.2 Å². The molecule has 2 rings (SSSR count). The van der Waals surface area contributed by atoms with Crippen molar-refractivity contribution in [3.63, 3.8) is 0 Å². The fraction of sp³-hybridized carbons (Fsp3) is 0.500. The smallest absolute Gasteiger partial charge is 1.00 e. The van der Waals surface area contributed by atoms with Gasteiger partial charge in [0.1, 0.15) is 0 Å². The van der Waals surface area contributed by atoms with E-state index in [1.165, 1.54) is 36.8 Å². The number of allylic oxidation sites excluding steroid dienone is 8. The van der Waals surface area contributed by atoms with E-state index in [1.807, 2.05) is 0 Å². The van der Waals surface area contributed by atoms with E-state index < -0.39 is 0 Å². The molecule has 2 aliphatic carbocycles. The van der Waals surface area contributed by atoms with Gasteiger partial charge >= 0.3 is 21.7 Å². The molecule has 0 atom stereocenters. The third-order valence-corrected chi connectivity index (χ3v) is 2.57. The predicted octanol–water partition coefficient (Wildman–Crippen LogP) is 5.17. The molecular weight excluding hydrogens is 240 g/mol. The van der Waals surface area contributed by atoms with Crippen LogP contribution in [0.1, 0.15) is 55.2 Å². The summed E-state index contributed by atoms with van der Waals surface area (Å²) in [6.45, 7) is 4.39. The molecule has 0 unspecified atom stereocenters. The molecule has 0 amide bonds. The second-order valence-electron chi connectivity index (χ2n) is 4.12. The van der Waals surface area contributed by atoms with Crippen molar-refractivity contribution in [2.24, 2.45) is 0 Å². The van der Waals surface area contributed by atoms with Gasteiger partial charge in [0.05, 0.1) is 0 Å². The molecule has 0 spiro atoms. The van der Waals surface area contributed by atoms with Gasteiger partial charge in [-0.25, -0.2) is 23.3 Å². The topological polar surface area (TPSA) is 0 Å². The zero-order valence-electron chi connectivity index (χ0n) is 13.1. The molecule has 0 fully saturated rings. The first-order valence-electron chi connectivity index (χ1n) is 6.39. The predicted molar refractivity (Wildman–Crippen MR) is 73.1 cm³/mol. The van der Waals surface area contributed by atoms with Gasteiger partial charge in [-0.1, -0.05) is 39.5 Å². The Labute approximate surface area is 124 Å². The standard InChI is InChI=1S/2C8H11.Ti.2H/c2*1-2-5-8-6-3-4-7-8;;;/h2*3,6H,2,4-5H2,1H3;;;/q2*-1;+2;2*-1. The zero-order valence-corrected chi connectivity index (χ0v) is 12.6. The van der Waals surface area contributed by atoms with E-state index in [1.54, 1.807) is 0 Å². The van der Waals surface area contributed by atoms with E-state index in [0.717, 1.165) is 12.8 Å². The van der Waals surface area contributed by atoms with Gasteiger partial charge in [0.15, 0.2) is 0 Å². The third-order valence-electron chi connectivity index (χ3n) is 2.57. The molecule has 0 aromatic heterocycles. The number of hydrogen-bond donors (Lipinski definition) is 0. The van der Waals surface area contributed by atoms with E-state index >= 15 is 0 Å². The van der Waals surface area contributed by atoms with E-state index in [-0.39, 0.29) is 24.6 Å². The van der Waals surface area contributed by atoms with Gasteiger partial charge < -0.3 is 2.85 Å². The minimum Gasteiger partial charge on any atom is -1.00 e. The molecule has 0 saturated heterocycles. The van der Waals surface area contributed by atoms with Crippen molar-refractivity contribution in [3.05, 3.63) is 47.6 Å². The van der Waals surface area contributed by atoms with Gasteiger partial charge in [-0.15, -0.1) is 12.8 Å². The monoisotopic (exact) mass is 264 g/mol. The van der Waals surface area contributed by atoms with Crippen molar-refractivity contribution in [2.75, 3.05) is 0 Å². The normalized spacial score (nSPS) is 15.9. The Morgan fingerprint density at radius 2 is 1.35 bits per heavy atom. The van der Waals surface area contributed by atoms with Crippen LogP contribution in [0.2, 0.25) is 0 Å². The molecule has 17 heavy (non-hydrogen) atoms. The van der Waals surface area contributed by atoms with E-state index in [9.17, 15) is 0 Å². The van der Waals surface area contributed by atoms with Crippen molar-refractivity contribution in [3.8, 4) is 0 Å². The van der Waals surface area contributed by atoms with Crippen molar-refractivity contribution in [1.29, 1.82) is 0 Å². The van der Waals surface area contributed by atoms with Crippen LogP contribution in [0.15, 0.2) is 35.5 Å². The molecule has 0 aliphatic heterocycles. The Hall–Kier alpha value is -0.326. The average molecular weight is 264 g/mol. The third kappa shape index (κ3) is 7.57. The summed E-state index contributed by atoms with van der Waals surface area (Å²) in [4.78, 5) is 0. The molecule has 0 nitrogen and oxygen atoms in total. The van der Waals surface area contributed by atoms with Crippen LogP contribution in [0.3, 0.4) is 0 Å². The first-order chi connectivity index (χ1) is 7.86. The van der Waals surface area contributed by atoms with Gasteiger partial charge in [-0.3, -0.25) is 12.2 Å². The van der Waals surface area contributed by atoms with Crippen LogP contribution in [0.25, 0.3) is 0 Å². The SMILES string of the molecule is CCCC1=[C-]CC=C1.CCCC1=[C-]CC=C1.[H-].[H-].[Ti+2]. The van der Waals surface area contributed by atoms with Crippen LogP contribution in [0.5, 0.6) is 0 Å². The molecule has 0 aromatic rings. The summed E-state index contributed by atoms with van der Waals surface area (Å²) >= 11 is 0. The van der Waals surface area contributed by atoms with Crippen LogP contribution < -0.4 is 0 Å². The van der Waals surface area contributed by atoms with E-state index in [0.29, 0.717) is 0 Å². The van der Waals surface area contributed by atoms with Gasteiger partial charge in [-0.05, 0) is 0 Å². The minimum absolute atomic E-state index is 0. The van der Waals surface area contributed by atoms with Crippen molar-refractivity contribution < 1.29 is 24.6 Å². The Bertz CT molecular complexity index is 283.